The van der Waals surface area contributed by atoms with Gasteiger partial charge in [-0.3, -0.25) is 14.3 Å². The third-order valence-corrected chi connectivity index (χ3v) is 4.20. The van der Waals surface area contributed by atoms with Gasteiger partial charge in [-0.15, -0.1) is 0 Å². The van der Waals surface area contributed by atoms with E-state index in [-0.39, 0.29) is 22.4 Å². The van der Waals surface area contributed by atoms with Gasteiger partial charge in [-0.1, -0.05) is 25.4 Å². The van der Waals surface area contributed by atoms with Gasteiger partial charge < -0.3 is 0 Å². The van der Waals surface area contributed by atoms with Gasteiger partial charge in [0.25, 0.3) is 5.56 Å². The molecule has 0 atom stereocenters. The van der Waals surface area contributed by atoms with E-state index in [1.54, 1.807) is 0 Å². The number of hydrogen-bond acceptors (Lipinski definition) is 2. The Bertz CT molecular complexity index is 539. The van der Waals surface area contributed by atoms with E-state index in [0.717, 1.165) is 25.7 Å². The number of halogens is 1. The molecular weight excluding hydrogens is 252 g/mol. The van der Waals surface area contributed by atoms with Gasteiger partial charge in [-0.05, 0) is 38.0 Å². The van der Waals surface area contributed by atoms with Gasteiger partial charge in [0.2, 0.25) is 0 Å². The maximum atomic E-state index is 12.3. The maximum absolute atomic E-state index is 12.3. The van der Waals surface area contributed by atoms with E-state index in [0.29, 0.717) is 17.9 Å². The minimum atomic E-state index is -0.373. The third kappa shape index (κ3) is 2.39. The molecule has 0 aliphatic heterocycles. The third-order valence-electron chi connectivity index (χ3n) is 3.88. The van der Waals surface area contributed by atoms with Crippen molar-refractivity contribution in [1.82, 2.24) is 9.55 Å². The second-order valence-electron chi connectivity index (χ2n) is 5.17. The Hall–Kier alpha value is -1.03. The van der Waals surface area contributed by atoms with Crippen LogP contribution in [0.25, 0.3) is 0 Å². The molecule has 0 amide bonds. The highest BCUT2D eigenvalue weighted by molar-refractivity contribution is 6.30. The molecule has 100 valence electrons. The van der Waals surface area contributed by atoms with Crippen LogP contribution in [-0.2, 0) is 6.42 Å². The number of H-pyrrole nitrogens is 1. The number of hydrogen-bond donors (Lipinski definition) is 1. The van der Waals surface area contributed by atoms with Gasteiger partial charge in [0, 0.05) is 6.04 Å². The van der Waals surface area contributed by atoms with Crippen molar-refractivity contribution in [3.05, 3.63) is 31.6 Å². The fraction of sp³-hybridized carbons (Fsp3) is 0.692. The van der Waals surface area contributed by atoms with Crippen molar-refractivity contribution >= 4 is 11.6 Å². The Kier molecular flexibility index (Phi) is 3.95. The Morgan fingerprint density at radius 3 is 2.44 bits per heavy atom. The van der Waals surface area contributed by atoms with Gasteiger partial charge in [-0.25, -0.2) is 4.79 Å². The van der Waals surface area contributed by atoms with Crippen LogP contribution >= 0.6 is 11.6 Å². The zero-order valence-corrected chi connectivity index (χ0v) is 11.6. The van der Waals surface area contributed by atoms with Crippen molar-refractivity contribution in [2.45, 2.75) is 52.0 Å². The molecule has 1 aromatic heterocycles. The minimum absolute atomic E-state index is 0.0278. The summed E-state index contributed by atoms with van der Waals surface area (Å²) < 4.78 is 1.37. The van der Waals surface area contributed by atoms with Crippen molar-refractivity contribution < 1.29 is 0 Å². The molecule has 0 unspecified atom stereocenters. The molecule has 1 N–H and O–H groups in total. The lowest BCUT2D eigenvalue weighted by Crippen LogP contribution is -2.41. The number of aromatic nitrogens is 2. The summed E-state index contributed by atoms with van der Waals surface area (Å²) in [5.74, 6) is 0.689. The van der Waals surface area contributed by atoms with Gasteiger partial charge in [0.1, 0.15) is 5.15 Å². The normalized spacial score (nSPS) is 24.2. The SMILES string of the molecule is CCc1c(Cl)[nH]c(=O)n(C2CCC(C)CC2)c1=O. The number of aromatic amines is 1. The fourth-order valence-corrected chi connectivity index (χ4v) is 3.00. The predicted octanol–water partition coefficient (Wildman–Crippen LogP) is 2.50. The van der Waals surface area contributed by atoms with Crippen molar-refractivity contribution in [1.29, 1.82) is 0 Å². The predicted molar refractivity (Wildman–Crippen MR) is 72.4 cm³/mol. The average molecular weight is 271 g/mol. The van der Waals surface area contributed by atoms with Crippen molar-refractivity contribution in [2.75, 3.05) is 0 Å². The first kappa shape index (κ1) is 13.4. The molecule has 0 bridgehead atoms. The molecule has 5 heteroatoms. The summed E-state index contributed by atoms with van der Waals surface area (Å²) in [5.41, 5.74) is -0.0811. The van der Waals surface area contributed by atoms with Crippen LogP contribution in [0.15, 0.2) is 9.59 Å². The molecule has 1 aliphatic carbocycles. The molecule has 0 saturated heterocycles. The highest BCUT2D eigenvalue weighted by Crippen LogP contribution is 2.30. The van der Waals surface area contributed by atoms with Crippen LogP contribution in [0.5, 0.6) is 0 Å². The quantitative estimate of drug-likeness (QED) is 0.840. The molecule has 0 radical (unpaired) electrons. The molecule has 1 fully saturated rings. The van der Waals surface area contributed by atoms with Crippen molar-refractivity contribution in [2.24, 2.45) is 5.92 Å². The number of nitrogens with one attached hydrogen (secondary N) is 1. The Morgan fingerprint density at radius 1 is 1.28 bits per heavy atom. The second kappa shape index (κ2) is 5.31. The molecule has 1 saturated carbocycles. The van der Waals surface area contributed by atoms with E-state index in [9.17, 15) is 9.59 Å². The Morgan fingerprint density at radius 2 is 1.89 bits per heavy atom. The largest absolute Gasteiger partial charge is 0.329 e. The molecule has 1 heterocycles. The molecule has 0 spiro atoms. The van der Waals surface area contributed by atoms with E-state index in [1.807, 2.05) is 6.92 Å². The molecule has 4 nitrogen and oxygen atoms in total. The number of nitrogens with zero attached hydrogens (tertiary/aromatic N) is 1. The average Bonchev–Trinajstić information content (AvgIpc) is 2.31. The van der Waals surface area contributed by atoms with E-state index < -0.39 is 0 Å². The lowest BCUT2D eigenvalue weighted by Gasteiger charge is -2.27. The molecule has 18 heavy (non-hydrogen) atoms. The fourth-order valence-electron chi connectivity index (χ4n) is 2.70. The summed E-state index contributed by atoms with van der Waals surface area (Å²) in [6.45, 7) is 4.08. The Balaban J connectivity index is 2.45. The van der Waals surface area contributed by atoms with Gasteiger partial charge in [0.15, 0.2) is 0 Å². The second-order valence-corrected chi connectivity index (χ2v) is 5.54. The minimum Gasteiger partial charge on any atom is -0.297 e. The summed E-state index contributed by atoms with van der Waals surface area (Å²) in [7, 11) is 0. The number of rotatable bonds is 2. The molecule has 2 rings (SSSR count). The highest BCUT2D eigenvalue weighted by atomic mass is 35.5. The van der Waals surface area contributed by atoms with E-state index in [2.05, 4.69) is 11.9 Å². The van der Waals surface area contributed by atoms with Crippen LogP contribution in [0.3, 0.4) is 0 Å². The van der Waals surface area contributed by atoms with E-state index >= 15 is 0 Å². The standard InChI is InChI=1S/C13H19ClN2O2/c1-3-10-11(14)15-13(18)16(12(10)17)9-6-4-8(2)5-7-9/h8-9H,3-7H2,1-2H3,(H,15,18). The van der Waals surface area contributed by atoms with E-state index in [1.165, 1.54) is 4.57 Å². The first-order valence-electron chi connectivity index (χ1n) is 6.57. The topological polar surface area (TPSA) is 54.9 Å². The zero-order valence-electron chi connectivity index (χ0n) is 10.8. The van der Waals surface area contributed by atoms with Crippen molar-refractivity contribution in [3.63, 3.8) is 0 Å². The smallest absolute Gasteiger partial charge is 0.297 e. The molecule has 0 aromatic carbocycles. The van der Waals surface area contributed by atoms with E-state index in [4.69, 9.17) is 11.6 Å². The summed E-state index contributed by atoms with van der Waals surface area (Å²) in [5, 5.41) is 0.188. The first-order valence-corrected chi connectivity index (χ1v) is 6.95. The monoisotopic (exact) mass is 270 g/mol. The molecular formula is C13H19ClN2O2. The van der Waals surface area contributed by atoms with Crippen LogP contribution in [-0.4, -0.2) is 9.55 Å². The Labute approximate surface area is 111 Å². The van der Waals surface area contributed by atoms with Crippen LogP contribution < -0.4 is 11.2 Å². The highest BCUT2D eigenvalue weighted by Gasteiger charge is 2.23. The maximum Gasteiger partial charge on any atom is 0.329 e. The molecule has 1 aliphatic rings. The lowest BCUT2D eigenvalue weighted by atomic mass is 9.87. The van der Waals surface area contributed by atoms with Crippen LogP contribution in [0.1, 0.15) is 51.1 Å². The summed E-state index contributed by atoms with van der Waals surface area (Å²) in [4.78, 5) is 26.8. The van der Waals surface area contributed by atoms with Crippen LogP contribution in [0.4, 0.5) is 0 Å². The summed E-state index contributed by atoms with van der Waals surface area (Å²) in [6, 6.07) is 0.0278. The summed E-state index contributed by atoms with van der Waals surface area (Å²) in [6.07, 6.45) is 4.47. The zero-order chi connectivity index (χ0) is 13.3. The van der Waals surface area contributed by atoms with Crippen molar-refractivity contribution in [3.8, 4) is 0 Å². The van der Waals surface area contributed by atoms with Gasteiger partial charge in [0.05, 0.1) is 5.56 Å². The van der Waals surface area contributed by atoms with Gasteiger partial charge >= 0.3 is 5.69 Å². The lowest BCUT2D eigenvalue weighted by molar-refractivity contribution is 0.278. The van der Waals surface area contributed by atoms with Crippen LogP contribution in [0, 0.1) is 5.92 Å². The van der Waals surface area contributed by atoms with Crippen LogP contribution in [0.2, 0.25) is 5.15 Å². The van der Waals surface area contributed by atoms with Gasteiger partial charge in [-0.2, -0.15) is 0 Å². The summed E-state index contributed by atoms with van der Waals surface area (Å²) >= 11 is 5.90. The molecule has 1 aromatic rings. The first-order chi connectivity index (χ1) is 8.54.